The molecule has 3 heteroatoms. The molecule has 0 bridgehead atoms. The van der Waals surface area contributed by atoms with Crippen molar-refractivity contribution in [3.05, 3.63) is 0 Å². The molecule has 1 aliphatic heterocycles. The Morgan fingerprint density at radius 3 is 2.62 bits per heavy atom. The second-order valence-electron chi connectivity index (χ2n) is 4.60. The first kappa shape index (κ1) is 10.5. The van der Waals surface area contributed by atoms with Crippen molar-refractivity contribution in [3.8, 4) is 0 Å². The Labute approximate surface area is 79.5 Å². The van der Waals surface area contributed by atoms with Gasteiger partial charge in [0.1, 0.15) is 5.72 Å². The third-order valence-corrected chi connectivity index (χ3v) is 3.20. The van der Waals surface area contributed by atoms with Crippen LogP contribution in [-0.2, 0) is 4.79 Å². The van der Waals surface area contributed by atoms with Gasteiger partial charge in [-0.1, -0.05) is 20.8 Å². The maximum Gasteiger partial charge on any atom is 0.222 e. The fourth-order valence-corrected chi connectivity index (χ4v) is 2.07. The zero-order valence-corrected chi connectivity index (χ0v) is 8.79. The first-order valence-corrected chi connectivity index (χ1v) is 4.88. The van der Waals surface area contributed by atoms with Crippen molar-refractivity contribution in [3.63, 3.8) is 0 Å². The molecule has 3 atom stereocenters. The second kappa shape index (κ2) is 3.29. The zero-order valence-electron chi connectivity index (χ0n) is 8.79. The van der Waals surface area contributed by atoms with Crippen molar-refractivity contribution < 1.29 is 9.90 Å². The molecule has 1 heterocycles. The molecule has 3 unspecified atom stereocenters. The molecule has 13 heavy (non-hydrogen) atoms. The van der Waals surface area contributed by atoms with Crippen LogP contribution in [0.2, 0.25) is 0 Å². The third-order valence-electron chi connectivity index (χ3n) is 3.20. The highest BCUT2D eigenvalue weighted by molar-refractivity contribution is 5.77. The van der Waals surface area contributed by atoms with Crippen LogP contribution in [0.3, 0.4) is 0 Å². The second-order valence-corrected chi connectivity index (χ2v) is 4.60. The van der Waals surface area contributed by atoms with Crippen LogP contribution in [0.25, 0.3) is 0 Å². The smallest absolute Gasteiger partial charge is 0.222 e. The Kier molecular flexibility index (Phi) is 2.66. The van der Waals surface area contributed by atoms with Crippen LogP contribution in [-0.4, -0.2) is 16.7 Å². The maximum atomic E-state index is 11.3. The number of hydrogen-bond acceptors (Lipinski definition) is 2. The molecule has 0 spiro atoms. The maximum absolute atomic E-state index is 11.3. The van der Waals surface area contributed by atoms with Crippen molar-refractivity contribution >= 4 is 5.91 Å². The number of rotatable bonds is 1. The number of piperidine rings is 1. The fourth-order valence-electron chi connectivity index (χ4n) is 2.07. The Bertz CT molecular complexity index is 211. The van der Waals surface area contributed by atoms with E-state index in [2.05, 4.69) is 19.2 Å². The van der Waals surface area contributed by atoms with Gasteiger partial charge in [0.25, 0.3) is 0 Å². The summed E-state index contributed by atoms with van der Waals surface area (Å²) >= 11 is 0. The van der Waals surface area contributed by atoms with Crippen LogP contribution >= 0.6 is 0 Å². The summed E-state index contributed by atoms with van der Waals surface area (Å²) in [4.78, 5) is 11.3. The normalized spacial score (nSPS) is 40.6. The molecule has 0 aromatic heterocycles. The SMILES string of the molecule is CC(C)C1CC(=O)NC(C)(O)C1C. The molecule has 3 nitrogen and oxygen atoms in total. The van der Waals surface area contributed by atoms with E-state index in [0.717, 1.165) is 0 Å². The van der Waals surface area contributed by atoms with Gasteiger partial charge in [-0.15, -0.1) is 0 Å². The Morgan fingerprint density at radius 2 is 2.15 bits per heavy atom. The van der Waals surface area contributed by atoms with Crippen molar-refractivity contribution in [2.75, 3.05) is 0 Å². The molecule has 1 aliphatic rings. The standard InChI is InChI=1S/C10H19NO2/c1-6(2)8-5-9(12)11-10(4,13)7(8)3/h6-8,13H,5H2,1-4H3,(H,11,12). The van der Waals surface area contributed by atoms with Crippen LogP contribution in [0, 0.1) is 17.8 Å². The minimum Gasteiger partial charge on any atom is -0.371 e. The van der Waals surface area contributed by atoms with E-state index in [4.69, 9.17) is 0 Å². The third kappa shape index (κ3) is 2.02. The summed E-state index contributed by atoms with van der Waals surface area (Å²) < 4.78 is 0. The van der Waals surface area contributed by atoms with Gasteiger partial charge >= 0.3 is 0 Å². The summed E-state index contributed by atoms with van der Waals surface area (Å²) in [5.41, 5.74) is -1.04. The van der Waals surface area contributed by atoms with Gasteiger partial charge in [-0.25, -0.2) is 0 Å². The first-order valence-electron chi connectivity index (χ1n) is 4.88. The zero-order chi connectivity index (χ0) is 10.2. The minimum atomic E-state index is -1.04. The predicted octanol–water partition coefficient (Wildman–Crippen LogP) is 1.12. The lowest BCUT2D eigenvalue weighted by molar-refractivity contribution is -0.145. The van der Waals surface area contributed by atoms with E-state index in [1.807, 2.05) is 6.92 Å². The number of carbonyl (C=O) groups is 1. The summed E-state index contributed by atoms with van der Waals surface area (Å²) in [7, 11) is 0. The number of nitrogens with one attached hydrogen (secondary N) is 1. The van der Waals surface area contributed by atoms with Crippen LogP contribution in [0.15, 0.2) is 0 Å². The van der Waals surface area contributed by atoms with Gasteiger partial charge in [-0.2, -0.15) is 0 Å². The molecule has 1 rings (SSSR count). The van der Waals surface area contributed by atoms with Gasteiger partial charge in [-0.05, 0) is 18.8 Å². The van der Waals surface area contributed by atoms with Gasteiger partial charge in [0.05, 0.1) is 0 Å². The molecule has 0 radical (unpaired) electrons. The lowest BCUT2D eigenvalue weighted by atomic mass is 9.74. The van der Waals surface area contributed by atoms with E-state index in [1.165, 1.54) is 0 Å². The quantitative estimate of drug-likeness (QED) is 0.643. The predicted molar refractivity (Wildman–Crippen MR) is 50.9 cm³/mol. The molecule has 2 N–H and O–H groups in total. The lowest BCUT2D eigenvalue weighted by Crippen LogP contribution is -2.58. The van der Waals surface area contributed by atoms with E-state index in [-0.39, 0.29) is 17.7 Å². The number of aliphatic hydroxyl groups is 1. The molecule has 1 fully saturated rings. The Morgan fingerprint density at radius 1 is 1.62 bits per heavy atom. The van der Waals surface area contributed by atoms with Crippen LogP contribution in [0.4, 0.5) is 0 Å². The average Bonchev–Trinajstić information content (AvgIpc) is 1.95. The molecule has 0 saturated carbocycles. The van der Waals surface area contributed by atoms with Gasteiger partial charge in [0.15, 0.2) is 0 Å². The summed E-state index contributed by atoms with van der Waals surface area (Å²) in [6, 6.07) is 0. The minimum absolute atomic E-state index is 0.0400. The van der Waals surface area contributed by atoms with E-state index in [1.54, 1.807) is 6.92 Å². The topological polar surface area (TPSA) is 49.3 Å². The largest absolute Gasteiger partial charge is 0.371 e. The summed E-state index contributed by atoms with van der Waals surface area (Å²) in [5, 5.41) is 12.5. The molecule has 1 saturated heterocycles. The highest BCUT2D eigenvalue weighted by Gasteiger charge is 2.42. The van der Waals surface area contributed by atoms with Gasteiger partial charge in [0.2, 0.25) is 5.91 Å². The van der Waals surface area contributed by atoms with Crippen molar-refractivity contribution in [2.45, 2.75) is 39.8 Å². The highest BCUT2D eigenvalue weighted by Crippen LogP contribution is 2.34. The van der Waals surface area contributed by atoms with Gasteiger partial charge < -0.3 is 10.4 Å². The van der Waals surface area contributed by atoms with Crippen LogP contribution in [0.5, 0.6) is 0 Å². The van der Waals surface area contributed by atoms with Crippen molar-refractivity contribution in [2.24, 2.45) is 17.8 Å². The van der Waals surface area contributed by atoms with Gasteiger partial charge in [0, 0.05) is 12.3 Å². The molecular formula is C10H19NO2. The number of hydrogen-bond donors (Lipinski definition) is 2. The molecule has 1 amide bonds. The molecule has 76 valence electrons. The average molecular weight is 185 g/mol. The van der Waals surface area contributed by atoms with E-state index in [9.17, 15) is 9.90 Å². The van der Waals surface area contributed by atoms with Crippen molar-refractivity contribution in [1.29, 1.82) is 0 Å². The Hall–Kier alpha value is -0.570. The van der Waals surface area contributed by atoms with E-state index >= 15 is 0 Å². The Balaban J connectivity index is 2.81. The molecule has 0 aromatic rings. The summed E-state index contributed by atoms with van der Waals surface area (Å²) in [6.45, 7) is 7.85. The van der Waals surface area contributed by atoms with E-state index in [0.29, 0.717) is 12.3 Å². The van der Waals surface area contributed by atoms with Gasteiger partial charge in [-0.3, -0.25) is 4.79 Å². The summed E-state index contributed by atoms with van der Waals surface area (Å²) in [6.07, 6.45) is 0.537. The lowest BCUT2D eigenvalue weighted by Gasteiger charge is -2.42. The monoisotopic (exact) mass is 185 g/mol. The first-order chi connectivity index (χ1) is 5.84. The summed E-state index contributed by atoms with van der Waals surface area (Å²) in [5.74, 6) is 0.795. The van der Waals surface area contributed by atoms with Crippen LogP contribution in [0.1, 0.15) is 34.1 Å². The van der Waals surface area contributed by atoms with E-state index < -0.39 is 5.72 Å². The molecule has 0 aliphatic carbocycles. The number of carbonyl (C=O) groups excluding carboxylic acids is 1. The fraction of sp³-hybridized carbons (Fsp3) is 0.900. The molecule has 0 aromatic carbocycles. The number of amides is 1. The van der Waals surface area contributed by atoms with Crippen molar-refractivity contribution in [1.82, 2.24) is 5.32 Å². The highest BCUT2D eigenvalue weighted by atomic mass is 16.3. The molecular weight excluding hydrogens is 166 g/mol. The van der Waals surface area contributed by atoms with Crippen LogP contribution < -0.4 is 5.32 Å².